The topological polar surface area (TPSA) is 46.2 Å². The highest BCUT2D eigenvalue weighted by Crippen LogP contribution is 2.24. The van der Waals surface area contributed by atoms with Gasteiger partial charge in [0.1, 0.15) is 0 Å². The number of amides is 1. The molecule has 1 unspecified atom stereocenters. The molecule has 23 heavy (non-hydrogen) atoms. The van der Waals surface area contributed by atoms with Crippen LogP contribution >= 0.6 is 15.9 Å². The van der Waals surface area contributed by atoms with Gasteiger partial charge in [0.25, 0.3) is 5.91 Å². The van der Waals surface area contributed by atoms with Gasteiger partial charge in [0.15, 0.2) is 0 Å². The molecule has 2 aromatic carbocycles. The first kappa shape index (κ1) is 17.9. The van der Waals surface area contributed by atoms with E-state index in [-0.39, 0.29) is 11.3 Å². The third kappa shape index (κ3) is 4.75. The van der Waals surface area contributed by atoms with Gasteiger partial charge in [-0.2, -0.15) is 0 Å². The number of nitrogens with one attached hydrogen (secondary N) is 1. The number of hydrogen-bond acceptors (Lipinski definition) is 2. The van der Waals surface area contributed by atoms with Crippen molar-refractivity contribution in [2.45, 2.75) is 24.2 Å². The zero-order chi connectivity index (χ0) is 17.0. The van der Waals surface area contributed by atoms with Gasteiger partial charge >= 0.3 is 0 Å². The first-order valence-electron chi connectivity index (χ1n) is 7.27. The van der Waals surface area contributed by atoms with Crippen LogP contribution < -0.4 is 5.32 Å². The molecule has 0 saturated heterocycles. The normalized spacial score (nSPS) is 12.7. The molecule has 1 N–H and O–H groups in total. The van der Waals surface area contributed by atoms with Crippen molar-refractivity contribution < 1.29 is 9.00 Å². The van der Waals surface area contributed by atoms with Crippen LogP contribution in [0.25, 0.3) is 0 Å². The summed E-state index contributed by atoms with van der Waals surface area (Å²) >= 11 is 3.43. The lowest BCUT2D eigenvalue weighted by Crippen LogP contribution is -2.36. The van der Waals surface area contributed by atoms with Crippen LogP contribution in [0.5, 0.6) is 0 Å². The molecule has 0 fully saturated rings. The van der Waals surface area contributed by atoms with Crippen LogP contribution in [0, 0.1) is 0 Å². The minimum atomic E-state index is -1.03. The highest BCUT2D eigenvalue weighted by Gasteiger charge is 2.21. The fourth-order valence-corrected chi connectivity index (χ4v) is 2.99. The molecule has 1 amide bonds. The van der Waals surface area contributed by atoms with Gasteiger partial charge in [-0.1, -0.05) is 41.9 Å². The van der Waals surface area contributed by atoms with Gasteiger partial charge in [0, 0.05) is 43.9 Å². The third-order valence-corrected chi connectivity index (χ3v) is 5.23. The number of carbonyl (C=O) groups excluding carboxylic acids is 1. The molecule has 0 radical (unpaired) electrons. The lowest BCUT2D eigenvalue weighted by Gasteiger charge is -2.25. The maximum Gasteiger partial charge on any atom is 0.251 e. The van der Waals surface area contributed by atoms with Crippen LogP contribution in [0.3, 0.4) is 0 Å². The molecule has 0 heterocycles. The largest absolute Gasteiger partial charge is 0.351 e. The standard InChI is InChI=1S/C18H20BrNO2S/c1-18(2,14-6-8-15(19)9-7-14)12-20-17(21)13-4-10-16(11-5-13)23(3)22/h4-11H,12H2,1-3H3,(H,20,21). The minimum Gasteiger partial charge on any atom is -0.351 e. The Kier molecular flexibility index (Phi) is 5.76. The Hall–Kier alpha value is -1.46. The van der Waals surface area contributed by atoms with E-state index in [4.69, 9.17) is 0 Å². The zero-order valence-corrected chi connectivity index (χ0v) is 15.8. The fourth-order valence-electron chi connectivity index (χ4n) is 2.20. The summed E-state index contributed by atoms with van der Waals surface area (Å²) in [6.07, 6.45) is 1.62. The van der Waals surface area contributed by atoms with Gasteiger partial charge in [0.2, 0.25) is 0 Å². The predicted octanol–water partition coefficient (Wildman–Crippen LogP) is 3.89. The van der Waals surface area contributed by atoms with Gasteiger partial charge in [-0.05, 0) is 42.0 Å². The van der Waals surface area contributed by atoms with Crippen molar-refractivity contribution in [3.63, 3.8) is 0 Å². The van der Waals surface area contributed by atoms with Crippen molar-refractivity contribution in [1.82, 2.24) is 5.32 Å². The van der Waals surface area contributed by atoms with E-state index in [1.54, 1.807) is 30.5 Å². The van der Waals surface area contributed by atoms with E-state index >= 15 is 0 Å². The second-order valence-corrected chi connectivity index (χ2v) is 8.35. The van der Waals surface area contributed by atoms with Crippen LogP contribution in [0.4, 0.5) is 0 Å². The third-order valence-electron chi connectivity index (χ3n) is 3.77. The molecule has 0 aromatic heterocycles. The van der Waals surface area contributed by atoms with Crippen LogP contribution in [-0.4, -0.2) is 22.9 Å². The number of carbonyl (C=O) groups is 1. The molecular formula is C18H20BrNO2S. The predicted molar refractivity (Wildman–Crippen MR) is 98.3 cm³/mol. The van der Waals surface area contributed by atoms with Crippen molar-refractivity contribution in [3.8, 4) is 0 Å². The first-order valence-corrected chi connectivity index (χ1v) is 9.62. The minimum absolute atomic E-state index is 0.122. The summed E-state index contributed by atoms with van der Waals surface area (Å²) in [6.45, 7) is 4.73. The maximum absolute atomic E-state index is 12.3. The van der Waals surface area contributed by atoms with Gasteiger partial charge in [-0.15, -0.1) is 0 Å². The smallest absolute Gasteiger partial charge is 0.251 e. The zero-order valence-electron chi connectivity index (χ0n) is 13.4. The SMILES string of the molecule is CS(=O)c1ccc(C(=O)NCC(C)(C)c2ccc(Br)cc2)cc1. The summed E-state index contributed by atoms with van der Waals surface area (Å²) in [5.41, 5.74) is 1.57. The average Bonchev–Trinajstić information content (AvgIpc) is 2.53. The number of rotatable bonds is 5. The number of benzene rings is 2. The van der Waals surface area contributed by atoms with Crippen molar-refractivity contribution in [1.29, 1.82) is 0 Å². The summed E-state index contributed by atoms with van der Waals surface area (Å²) in [4.78, 5) is 13.0. The highest BCUT2D eigenvalue weighted by molar-refractivity contribution is 9.10. The summed E-state index contributed by atoms with van der Waals surface area (Å²) in [7, 11) is -1.03. The lowest BCUT2D eigenvalue weighted by molar-refractivity contribution is 0.0945. The second kappa shape index (κ2) is 7.41. The lowest BCUT2D eigenvalue weighted by atomic mass is 9.84. The molecule has 0 aliphatic heterocycles. The van der Waals surface area contributed by atoms with E-state index < -0.39 is 10.8 Å². The second-order valence-electron chi connectivity index (χ2n) is 6.05. The van der Waals surface area contributed by atoms with Crippen molar-refractivity contribution in [2.75, 3.05) is 12.8 Å². The van der Waals surface area contributed by atoms with Crippen molar-refractivity contribution >= 4 is 32.6 Å². The summed E-state index contributed by atoms with van der Waals surface area (Å²) in [6, 6.07) is 15.0. The van der Waals surface area contributed by atoms with Crippen LogP contribution in [0.15, 0.2) is 57.9 Å². The fraction of sp³-hybridized carbons (Fsp3) is 0.278. The molecule has 2 aromatic rings. The molecule has 3 nitrogen and oxygen atoms in total. The molecule has 122 valence electrons. The summed E-state index contributed by atoms with van der Waals surface area (Å²) < 4.78 is 12.4. The van der Waals surface area contributed by atoms with Crippen LogP contribution in [0.2, 0.25) is 0 Å². The Morgan fingerprint density at radius 2 is 1.65 bits per heavy atom. The first-order chi connectivity index (χ1) is 10.8. The molecule has 0 aliphatic rings. The monoisotopic (exact) mass is 393 g/mol. The molecule has 0 aliphatic carbocycles. The average molecular weight is 394 g/mol. The van der Waals surface area contributed by atoms with Crippen molar-refractivity contribution in [3.05, 3.63) is 64.1 Å². The van der Waals surface area contributed by atoms with Gasteiger partial charge in [0.05, 0.1) is 0 Å². The molecule has 1 atom stereocenters. The van der Waals surface area contributed by atoms with E-state index in [2.05, 4.69) is 47.2 Å². The summed E-state index contributed by atoms with van der Waals surface area (Å²) in [5, 5.41) is 2.97. The maximum atomic E-state index is 12.3. The Balaban J connectivity index is 2.02. The van der Waals surface area contributed by atoms with E-state index in [0.29, 0.717) is 12.1 Å². The van der Waals surface area contributed by atoms with Crippen molar-refractivity contribution in [2.24, 2.45) is 0 Å². The van der Waals surface area contributed by atoms with Gasteiger partial charge in [-0.3, -0.25) is 9.00 Å². The molecular weight excluding hydrogens is 374 g/mol. The molecule has 0 saturated carbocycles. The number of halogens is 1. The van der Waals surface area contributed by atoms with E-state index in [9.17, 15) is 9.00 Å². The Labute approximate surface area is 148 Å². The Bertz CT molecular complexity index is 709. The Morgan fingerprint density at radius 3 is 2.17 bits per heavy atom. The van der Waals surface area contributed by atoms with Crippen LogP contribution in [0.1, 0.15) is 29.8 Å². The Morgan fingerprint density at radius 1 is 1.09 bits per heavy atom. The summed E-state index contributed by atoms with van der Waals surface area (Å²) in [5.74, 6) is -0.122. The van der Waals surface area contributed by atoms with E-state index in [1.807, 2.05) is 12.1 Å². The molecule has 0 bridgehead atoms. The van der Waals surface area contributed by atoms with E-state index in [1.165, 1.54) is 0 Å². The van der Waals surface area contributed by atoms with Gasteiger partial charge < -0.3 is 5.32 Å². The van der Waals surface area contributed by atoms with Crippen LogP contribution in [-0.2, 0) is 16.2 Å². The molecule has 0 spiro atoms. The van der Waals surface area contributed by atoms with E-state index in [0.717, 1.165) is 14.9 Å². The quantitative estimate of drug-likeness (QED) is 0.836. The number of hydrogen-bond donors (Lipinski definition) is 1. The molecule has 5 heteroatoms. The highest BCUT2D eigenvalue weighted by atomic mass is 79.9. The van der Waals surface area contributed by atoms with Gasteiger partial charge in [-0.25, -0.2) is 0 Å². The molecule has 2 rings (SSSR count).